The number of amides is 1. The van der Waals surface area contributed by atoms with Crippen molar-refractivity contribution < 1.29 is 9.53 Å². The molecule has 170 valence electrons. The first-order valence-electron chi connectivity index (χ1n) is 12.1. The number of aromatic nitrogens is 2. The molecule has 1 aliphatic carbocycles. The molecular weight excluding hydrogens is 402 g/mol. The van der Waals surface area contributed by atoms with Gasteiger partial charge in [0.2, 0.25) is 5.95 Å². The summed E-state index contributed by atoms with van der Waals surface area (Å²) >= 11 is 0. The Kier molecular flexibility index (Phi) is 6.53. The fraction of sp³-hybridized carbons (Fsp3) is 0.560. The van der Waals surface area contributed by atoms with Gasteiger partial charge in [-0.2, -0.15) is 4.98 Å². The quantitative estimate of drug-likeness (QED) is 0.719. The maximum atomic E-state index is 13.7. The van der Waals surface area contributed by atoms with Gasteiger partial charge < -0.3 is 15.4 Å². The summed E-state index contributed by atoms with van der Waals surface area (Å²) in [5.41, 5.74) is 1.81. The molecule has 2 N–H and O–H groups in total. The van der Waals surface area contributed by atoms with Crippen LogP contribution in [0.4, 0.5) is 11.8 Å². The van der Waals surface area contributed by atoms with Crippen LogP contribution in [0.5, 0.6) is 5.75 Å². The number of carbonyl (C=O) groups is 1. The topological polar surface area (TPSA) is 79.4 Å². The number of nitrogens with one attached hydrogen (secondary N) is 2. The Balaban J connectivity index is 1.40. The molecule has 7 nitrogen and oxygen atoms in total. The minimum atomic E-state index is 0.000508. The van der Waals surface area contributed by atoms with Crippen LogP contribution in [-0.2, 0) is 6.42 Å². The molecule has 3 aliphatic rings. The molecule has 2 fully saturated rings. The van der Waals surface area contributed by atoms with Crippen molar-refractivity contribution >= 4 is 17.7 Å². The molecule has 1 amide bonds. The van der Waals surface area contributed by atoms with E-state index >= 15 is 0 Å². The number of hydrogen-bond donors (Lipinski definition) is 2. The maximum absolute atomic E-state index is 13.7. The Morgan fingerprint density at radius 2 is 1.97 bits per heavy atom. The second-order valence-electron chi connectivity index (χ2n) is 9.25. The zero-order chi connectivity index (χ0) is 21.8. The molecule has 0 radical (unpaired) electrons. The number of piperidine rings is 1. The lowest BCUT2D eigenvalue weighted by Crippen LogP contribution is -2.40. The van der Waals surface area contributed by atoms with E-state index < -0.39 is 0 Å². The zero-order valence-electron chi connectivity index (χ0n) is 18.7. The van der Waals surface area contributed by atoms with Crippen LogP contribution < -0.4 is 20.3 Å². The number of hydrogen-bond acceptors (Lipinski definition) is 6. The second kappa shape index (κ2) is 9.86. The van der Waals surface area contributed by atoms with Crippen LogP contribution in [0.2, 0.25) is 0 Å². The van der Waals surface area contributed by atoms with Crippen molar-refractivity contribution in [1.82, 2.24) is 15.3 Å². The van der Waals surface area contributed by atoms with Crippen molar-refractivity contribution in [3.63, 3.8) is 0 Å². The van der Waals surface area contributed by atoms with Crippen molar-refractivity contribution in [3.05, 3.63) is 41.6 Å². The third-order valence-corrected chi connectivity index (χ3v) is 6.94. The molecule has 2 aromatic rings. The zero-order valence-corrected chi connectivity index (χ0v) is 18.7. The summed E-state index contributed by atoms with van der Waals surface area (Å²) < 4.78 is 5.63. The maximum Gasteiger partial charge on any atom is 0.259 e. The highest BCUT2D eigenvalue weighted by Crippen LogP contribution is 2.28. The largest absolute Gasteiger partial charge is 0.493 e. The number of nitrogens with zero attached hydrogens (tertiary/aromatic N) is 3. The van der Waals surface area contributed by atoms with Crippen LogP contribution in [-0.4, -0.2) is 48.2 Å². The van der Waals surface area contributed by atoms with E-state index in [1.54, 1.807) is 6.20 Å². The summed E-state index contributed by atoms with van der Waals surface area (Å²) in [5, 5.41) is 6.92. The van der Waals surface area contributed by atoms with Gasteiger partial charge in [-0.3, -0.25) is 9.69 Å². The Morgan fingerprint density at radius 3 is 2.81 bits per heavy atom. The lowest BCUT2D eigenvalue weighted by molar-refractivity contribution is 0.0980. The van der Waals surface area contributed by atoms with Gasteiger partial charge in [-0.15, -0.1) is 0 Å². The Labute approximate surface area is 190 Å². The summed E-state index contributed by atoms with van der Waals surface area (Å²) in [4.78, 5) is 24.8. The number of carbonyl (C=O) groups excluding carboxylic acids is 1. The molecule has 3 heterocycles. The highest BCUT2D eigenvalue weighted by molar-refractivity contribution is 6.05. The minimum absolute atomic E-state index is 0.000508. The normalized spacial score (nSPS) is 19.2. The number of ether oxygens (including phenoxy) is 1. The fourth-order valence-corrected chi connectivity index (χ4v) is 5.08. The first-order chi connectivity index (χ1) is 15.8. The number of fused-ring (bicyclic) bond motifs is 1. The van der Waals surface area contributed by atoms with E-state index in [1.807, 2.05) is 29.2 Å². The number of benzene rings is 1. The Morgan fingerprint density at radius 1 is 1.12 bits per heavy atom. The lowest BCUT2D eigenvalue weighted by Gasteiger charge is -2.30. The van der Waals surface area contributed by atoms with E-state index in [2.05, 4.69) is 15.6 Å². The van der Waals surface area contributed by atoms with Crippen molar-refractivity contribution in [2.24, 2.45) is 5.92 Å². The average Bonchev–Trinajstić information content (AvgIpc) is 3.32. The van der Waals surface area contributed by atoms with Gasteiger partial charge in [-0.25, -0.2) is 4.98 Å². The molecule has 0 atom stereocenters. The molecular formula is C25H33N5O2. The molecule has 1 aromatic heterocycles. The predicted octanol–water partition coefficient (Wildman–Crippen LogP) is 3.80. The summed E-state index contributed by atoms with van der Waals surface area (Å²) in [6.45, 7) is 3.37. The molecule has 0 unspecified atom stereocenters. The fourth-order valence-electron chi connectivity index (χ4n) is 5.08. The predicted molar refractivity (Wildman–Crippen MR) is 125 cm³/mol. The van der Waals surface area contributed by atoms with E-state index in [4.69, 9.17) is 9.72 Å². The van der Waals surface area contributed by atoms with Crippen LogP contribution in [0.1, 0.15) is 60.9 Å². The van der Waals surface area contributed by atoms with Gasteiger partial charge in [-0.1, -0.05) is 19.3 Å². The molecule has 5 rings (SSSR count). The van der Waals surface area contributed by atoms with E-state index in [1.165, 1.54) is 19.3 Å². The average molecular weight is 436 g/mol. The SMILES string of the molecule is O=C(c1ccc2c(c1)CCO2)N(CC1CCNCC1)c1ccnc(NC2CCCCC2)n1. The van der Waals surface area contributed by atoms with Gasteiger partial charge in [0.25, 0.3) is 5.91 Å². The van der Waals surface area contributed by atoms with E-state index in [9.17, 15) is 4.79 Å². The monoisotopic (exact) mass is 435 g/mol. The summed E-state index contributed by atoms with van der Waals surface area (Å²) in [5.74, 6) is 2.66. The summed E-state index contributed by atoms with van der Waals surface area (Å²) in [7, 11) is 0. The van der Waals surface area contributed by atoms with Gasteiger partial charge in [-0.05, 0) is 74.5 Å². The molecule has 1 saturated carbocycles. The molecule has 0 spiro atoms. The highest BCUT2D eigenvalue weighted by Gasteiger charge is 2.26. The molecule has 1 aromatic carbocycles. The standard InChI is InChI=1S/C25H33N5O2/c31-24(20-6-7-22-19(16-20)11-15-32-22)30(17-18-8-12-26-13-9-18)23-10-14-27-25(29-23)28-21-4-2-1-3-5-21/h6-7,10,14,16,18,21,26H,1-5,8-9,11-13,15,17H2,(H,27,28,29). The molecule has 0 bridgehead atoms. The lowest BCUT2D eigenvalue weighted by atomic mass is 9.96. The van der Waals surface area contributed by atoms with Crippen LogP contribution >= 0.6 is 0 Å². The van der Waals surface area contributed by atoms with E-state index in [-0.39, 0.29) is 5.91 Å². The third kappa shape index (κ3) is 4.88. The van der Waals surface area contributed by atoms with Crippen molar-refractivity contribution in [2.75, 3.05) is 36.5 Å². The summed E-state index contributed by atoms with van der Waals surface area (Å²) in [6, 6.07) is 8.08. The van der Waals surface area contributed by atoms with Crippen molar-refractivity contribution in [3.8, 4) is 5.75 Å². The number of rotatable bonds is 6. The van der Waals surface area contributed by atoms with Crippen LogP contribution in [0, 0.1) is 5.92 Å². The first-order valence-corrected chi connectivity index (χ1v) is 12.1. The van der Waals surface area contributed by atoms with Crippen molar-refractivity contribution in [1.29, 1.82) is 0 Å². The van der Waals surface area contributed by atoms with Gasteiger partial charge in [0.05, 0.1) is 6.61 Å². The van der Waals surface area contributed by atoms with Crippen LogP contribution in [0.3, 0.4) is 0 Å². The van der Waals surface area contributed by atoms with Crippen molar-refractivity contribution in [2.45, 2.75) is 57.4 Å². The molecule has 2 aliphatic heterocycles. The molecule has 1 saturated heterocycles. The van der Waals surface area contributed by atoms with Crippen LogP contribution in [0.15, 0.2) is 30.5 Å². The summed E-state index contributed by atoms with van der Waals surface area (Å²) in [6.07, 6.45) is 10.9. The van der Waals surface area contributed by atoms with Crippen LogP contribution in [0.25, 0.3) is 0 Å². The molecule has 32 heavy (non-hydrogen) atoms. The minimum Gasteiger partial charge on any atom is -0.493 e. The molecule has 7 heteroatoms. The number of anilines is 2. The van der Waals surface area contributed by atoms with E-state index in [0.29, 0.717) is 42.4 Å². The van der Waals surface area contributed by atoms with Gasteiger partial charge in [0.15, 0.2) is 0 Å². The Hall–Kier alpha value is -2.67. The smallest absolute Gasteiger partial charge is 0.259 e. The second-order valence-corrected chi connectivity index (χ2v) is 9.25. The highest BCUT2D eigenvalue weighted by atomic mass is 16.5. The first kappa shape index (κ1) is 21.2. The van der Waals surface area contributed by atoms with Gasteiger partial charge >= 0.3 is 0 Å². The Bertz CT molecular complexity index is 938. The van der Waals surface area contributed by atoms with Gasteiger partial charge in [0, 0.05) is 30.8 Å². The third-order valence-electron chi connectivity index (χ3n) is 6.94. The van der Waals surface area contributed by atoms with Gasteiger partial charge in [0.1, 0.15) is 11.6 Å². The van der Waals surface area contributed by atoms with E-state index in [0.717, 1.165) is 56.5 Å².